The summed E-state index contributed by atoms with van der Waals surface area (Å²) >= 11 is 0. The van der Waals surface area contributed by atoms with Crippen molar-refractivity contribution in [1.82, 2.24) is 0 Å². The number of carbonyl (C=O) groups is 1. The van der Waals surface area contributed by atoms with E-state index in [9.17, 15) is 9.59 Å². The molecule has 0 N–H and O–H groups in total. The summed E-state index contributed by atoms with van der Waals surface area (Å²) in [5.74, 6) is -0.0652. The molecule has 0 heterocycles. The second-order valence-corrected chi connectivity index (χ2v) is 4.28. The van der Waals surface area contributed by atoms with E-state index in [1.807, 2.05) is 25.3 Å². The summed E-state index contributed by atoms with van der Waals surface area (Å²) in [7, 11) is 0. The molecule has 1 radical (unpaired) electrons. The molecule has 89 valence electrons. The number of hydrogen-bond acceptors (Lipinski definition) is 2. The first-order chi connectivity index (χ1) is 8.63. The topological polar surface area (TPSA) is 34.1 Å². The highest BCUT2D eigenvalue weighted by Crippen LogP contribution is 2.17. The van der Waals surface area contributed by atoms with Crippen LogP contribution >= 0.6 is 0 Å². The molecule has 2 aromatic rings. The highest BCUT2D eigenvalue weighted by Gasteiger charge is 2.13. The van der Waals surface area contributed by atoms with Crippen molar-refractivity contribution in [2.24, 2.45) is 0 Å². The summed E-state index contributed by atoms with van der Waals surface area (Å²) < 4.78 is 0. The van der Waals surface area contributed by atoms with Crippen molar-refractivity contribution in [3.63, 3.8) is 0 Å². The van der Waals surface area contributed by atoms with E-state index in [-0.39, 0.29) is 5.78 Å². The predicted octanol–water partition coefficient (Wildman–Crippen LogP) is 2.99. The van der Waals surface area contributed by atoms with E-state index >= 15 is 0 Å². The highest BCUT2D eigenvalue weighted by atomic mass is 16.1. The van der Waals surface area contributed by atoms with Crippen molar-refractivity contribution in [2.45, 2.75) is 13.8 Å². The van der Waals surface area contributed by atoms with Gasteiger partial charge in [-0.2, -0.15) is 0 Å². The van der Waals surface area contributed by atoms with E-state index in [2.05, 4.69) is 0 Å². The number of hydrogen-bond donors (Lipinski definition) is 0. The molecule has 0 unspecified atom stereocenters. The van der Waals surface area contributed by atoms with Crippen LogP contribution in [0.2, 0.25) is 0 Å². The summed E-state index contributed by atoms with van der Waals surface area (Å²) in [6.45, 7) is 3.74. The lowest BCUT2D eigenvalue weighted by molar-refractivity contribution is 0.103. The van der Waals surface area contributed by atoms with Gasteiger partial charge in [-0.1, -0.05) is 48.0 Å². The van der Waals surface area contributed by atoms with Gasteiger partial charge in [0, 0.05) is 16.7 Å². The molecular formula is C16H13O2. The summed E-state index contributed by atoms with van der Waals surface area (Å²) in [5.41, 5.74) is 3.41. The summed E-state index contributed by atoms with van der Waals surface area (Å²) in [6, 6.07) is 12.5. The third-order valence-corrected chi connectivity index (χ3v) is 3.00. The predicted molar refractivity (Wildman–Crippen MR) is 70.6 cm³/mol. The van der Waals surface area contributed by atoms with Crippen LogP contribution in [0, 0.1) is 13.8 Å². The molecule has 0 atom stereocenters. The summed E-state index contributed by atoms with van der Waals surface area (Å²) in [5, 5.41) is 0. The molecule has 18 heavy (non-hydrogen) atoms. The van der Waals surface area contributed by atoms with Crippen molar-refractivity contribution in [1.29, 1.82) is 0 Å². The van der Waals surface area contributed by atoms with Gasteiger partial charge in [0.2, 0.25) is 6.29 Å². The normalized spacial score (nSPS) is 10.1. The fourth-order valence-electron chi connectivity index (χ4n) is 1.85. The van der Waals surface area contributed by atoms with Crippen molar-refractivity contribution in [3.8, 4) is 0 Å². The lowest BCUT2D eigenvalue weighted by Gasteiger charge is -2.06. The number of carbonyl (C=O) groups excluding carboxylic acids is 2. The zero-order valence-corrected chi connectivity index (χ0v) is 10.4. The molecule has 2 aromatic carbocycles. The van der Waals surface area contributed by atoms with Crippen LogP contribution in [0.1, 0.15) is 32.6 Å². The molecule has 0 saturated heterocycles. The van der Waals surface area contributed by atoms with Gasteiger partial charge in [0.1, 0.15) is 0 Å². The molecular weight excluding hydrogens is 224 g/mol. The van der Waals surface area contributed by atoms with Gasteiger partial charge in [0.25, 0.3) is 0 Å². The molecule has 0 spiro atoms. The Morgan fingerprint density at radius 2 is 1.67 bits per heavy atom. The van der Waals surface area contributed by atoms with Gasteiger partial charge in [0.05, 0.1) is 0 Å². The van der Waals surface area contributed by atoms with Gasteiger partial charge in [-0.15, -0.1) is 0 Å². The minimum atomic E-state index is -0.0652. The Hall–Kier alpha value is -2.22. The standard InChI is InChI=1S/C16H13O2/c1-11-6-8-13(9-7-11)16(18)15-5-3-4-14(10-17)12(15)2/h3-9H,1-2H3. The minimum Gasteiger partial charge on any atom is -0.289 e. The summed E-state index contributed by atoms with van der Waals surface area (Å²) in [6.07, 6.45) is 1.85. The van der Waals surface area contributed by atoms with Crippen LogP contribution in [0.15, 0.2) is 42.5 Å². The Balaban J connectivity index is 2.46. The molecule has 0 aliphatic heterocycles. The van der Waals surface area contributed by atoms with E-state index in [0.29, 0.717) is 22.3 Å². The van der Waals surface area contributed by atoms with Gasteiger partial charge < -0.3 is 0 Å². The zero-order chi connectivity index (χ0) is 13.1. The van der Waals surface area contributed by atoms with Crippen molar-refractivity contribution >= 4 is 12.1 Å². The van der Waals surface area contributed by atoms with Gasteiger partial charge in [-0.3, -0.25) is 9.59 Å². The molecule has 0 saturated carbocycles. The Kier molecular flexibility index (Phi) is 3.38. The van der Waals surface area contributed by atoms with Gasteiger partial charge in [0.15, 0.2) is 5.78 Å². The number of ketones is 1. The maximum Gasteiger partial charge on any atom is 0.233 e. The number of rotatable bonds is 3. The fraction of sp³-hybridized carbons (Fsp3) is 0.125. The lowest BCUT2D eigenvalue weighted by atomic mass is 9.96. The quantitative estimate of drug-likeness (QED) is 0.769. The minimum absolute atomic E-state index is 0.0652. The molecule has 0 aromatic heterocycles. The molecule has 2 rings (SSSR count). The average Bonchev–Trinajstić information content (AvgIpc) is 2.39. The first-order valence-corrected chi connectivity index (χ1v) is 5.72. The van der Waals surface area contributed by atoms with Gasteiger partial charge in [-0.05, 0) is 19.4 Å². The zero-order valence-electron chi connectivity index (χ0n) is 10.4. The van der Waals surface area contributed by atoms with Crippen LogP contribution in [-0.2, 0) is 4.79 Å². The molecule has 0 amide bonds. The Morgan fingerprint density at radius 1 is 1.00 bits per heavy atom. The van der Waals surface area contributed by atoms with Crippen LogP contribution < -0.4 is 0 Å². The maximum absolute atomic E-state index is 12.3. The SMILES string of the molecule is Cc1ccc(C(=O)c2cccc([C]=O)c2C)cc1. The third kappa shape index (κ3) is 2.23. The van der Waals surface area contributed by atoms with Crippen LogP contribution in [0.4, 0.5) is 0 Å². The number of benzene rings is 2. The van der Waals surface area contributed by atoms with Gasteiger partial charge >= 0.3 is 0 Å². The third-order valence-electron chi connectivity index (χ3n) is 3.00. The first kappa shape index (κ1) is 12.2. The monoisotopic (exact) mass is 237 g/mol. The van der Waals surface area contributed by atoms with Crippen LogP contribution in [0.3, 0.4) is 0 Å². The smallest absolute Gasteiger partial charge is 0.233 e. The second-order valence-electron chi connectivity index (χ2n) is 4.28. The molecule has 0 fully saturated rings. The fourth-order valence-corrected chi connectivity index (χ4v) is 1.85. The van der Waals surface area contributed by atoms with Crippen LogP contribution in [0.25, 0.3) is 0 Å². The summed E-state index contributed by atoms with van der Waals surface area (Å²) in [4.78, 5) is 23.1. The second kappa shape index (κ2) is 4.96. The first-order valence-electron chi connectivity index (χ1n) is 5.72. The average molecular weight is 237 g/mol. The van der Waals surface area contributed by atoms with Gasteiger partial charge in [-0.25, -0.2) is 0 Å². The van der Waals surface area contributed by atoms with E-state index in [0.717, 1.165) is 5.56 Å². The molecule has 2 nitrogen and oxygen atoms in total. The maximum atomic E-state index is 12.3. The highest BCUT2D eigenvalue weighted by molar-refractivity contribution is 6.10. The van der Waals surface area contributed by atoms with Crippen LogP contribution in [0.5, 0.6) is 0 Å². The van der Waals surface area contributed by atoms with Crippen molar-refractivity contribution in [3.05, 3.63) is 70.3 Å². The van der Waals surface area contributed by atoms with E-state index in [4.69, 9.17) is 0 Å². The molecule has 0 aliphatic carbocycles. The largest absolute Gasteiger partial charge is 0.289 e. The number of aryl methyl sites for hydroxylation is 1. The molecule has 2 heteroatoms. The van der Waals surface area contributed by atoms with E-state index in [1.165, 1.54) is 0 Å². The Morgan fingerprint density at radius 3 is 2.28 bits per heavy atom. The van der Waals surface area contributed by atoms with E-state index in [1.54, 1.807) is 37.3 Å². The van der Waals surface area contributed by atoms with E-state index < -0.39 is 0 Å². The lowest BCUT2D eigenvalue weighted by Crippen LogP contribution is -2.05. The van der Waals surface area contributed by atoms with Crippen molar-refractivity contribution < 1.29 is 9.59 Å². The van der Waals surface area contributed by atoms with Crippen molar-refractivity contribution in [2.75, 3.05) is 0 Å². The Bertz CT molecular complexity index is 595. The Labute approximate surface area is 106 Å². The molecule has 0 aliphatic rings. The molecule has 0 bridgehead atoms. The van der Waals surface area contributed by atoms with Crippen LogP contribution in [-0.4, -0.2) is 12.1 Å².